The fraction of sp³-hybridized carbons (Fsp3) is 0.150. The molecule has 1 amide bonds. The molecule has 29 heavy (non-hydrogen) atoms. The molecule has 0 aliphatic rings. The average molecular weight is 415 g/mol. The monoisotopic (exact) mass is 414 g/mol. The van der Waals surface area contributed by atoms with Crippen molar-refractivity contribution >= 4 is 23.5 Å². The molecule has 0 bridgehead atoms. The first-order chi connectivity index (χ1) is 14.1. The van der Waals surface area contributed by atoms with Gasteiger partial charge in [0.25, 0.3) is 5.91 Å². The maximum absolute atomic E-state index is 12.4. The zero-order valence-corrected chi connectivity index (χ0v) is 16.6. The summed E-state index contributed by atoms with van der Waals surface area (Å²) in [7, 11) is 2.99. The Morgan fingerprint density at radius 1 is 1.07 bits per heavy atom. The molecule has 8 nitrogen and oxygen atoms in total. The summed E-state index contributed by atoms with van der Waals surface area (Å²) in [5, 5.41) is 0.619. The Bertz CT molecular complexity index is 1000. The zero-order valence-electron chi connectivity index (χ0n) is 15.8. The summed E-state index contributed by atoms with van der Waals surface area (Å²) in [6.07, 6.45) is 1.51. The van der Waals surface area contributed by atoms with E-state index in [0.717, 1.165) is 5.56 Å². The van der Waals surface area contributed by atoms with E-state index in [1.54, 1.807) is 30.3 Å². The number of amides is 1. The molecule has 0 saturated heterocycles. The summed E-state index contributed by atoms with van der Waals surface area (Å²) in [6.45, 7) is 0.274. The molecule has 0 aliphatic heterocycles. The average Bonchev–Trinajstić information content (AvgIpc) is 2.77. The van der Waals surface area contributed by atoms with Crippen LogP contribution in [0, 0.1) is 0 Å². The first kappa shape index (κ1) is 20.2. The normalized spacial score (nSPS) is 10.2. The van der Waals surface area contributed by atoms with Gasteiger partial charge in [-0.15, -0.1) is 0 Å². The lowest BCUT2D eigenvalue weighted by Crippen LogP contribution is -2.30. The molecule has 0 radical (unpaired) electrons. The minimum absolute atomic E-state index is 0.198. The number of halogens is 1. The molecule has 0 unspecified atom stereocenters. The van der Waals surface area contributed by atoms with E-state index in [2.05, 4.69) is 20.8 Å². The third-order valence-corrected chi connectivity index (χ3v) is 4.26. The Hall–Kier alpha value is -3.52. The van der Waals surface area contributed by atoms with E-state index in [1.165, 1.54) is 20.4 Å². The van der Waals surface area contributed by atoms with Crippen molar-refractivity contribution < 1.29 is 19.0 Å². The van der Waals surface area contributed by atoms with Crippen LogP contribution in [-0.4, -0.2) is 30.1 Å². The van der Waals surface area contributed by atoms with E-state index in [4.69, 9.17) is 25.8 Å². The third-order valence-electron chi connectivity index (χ3n) is 3.89. The van der Waals surface area contributed by atoms with Crippen molar-refractivity contribution in [2.75, 3.05) is 19.6 Å². The van der Waals surface area contributed by atoms with Crippen molar-refractivity contribution in [1.82, 2.24) is 15.4 Å². The summed E-state index contributed by atoms with van der Waals surface area (Å²) < 4.78 is 16.2. The Balaban J connectivity index is 1.65. The fourth-order valence-electron chi connectivity index (χ4n) is 2.40. The lowest BCUT2D eigenvalue weighted by atomic mass is 10.2. The molecular formula is C20H19ClN4O4. The quantitative estimate of drug-likeness (QED) is 0.545. The predicted molar refractivity (Wildman–Crippen MR) is 108 cm³/mol. The molecule has 1 heterocycles. The molecule has 150 valence electrons. The Labute approximate surface area is 172 Å². The maximum Gasteiger partial charge on any atom is 0.269 e. The maximum atomic E-state index is 12.4. The number of rotatable bonds is 8. The summed E-state index contributed by atoms with van der Waals surface area (Å²) >= 11 is 6.15. The Morgan fingerprint density at radius 2 is 1.90 bits per heavy atom. The predicted octanol–water partition coefficient (Wildman–Crippen LogP) is 3.48. The van der Waals surface area contributed by atoms with Crippen LogP contribution in [0.5, 0.6) is 17.4 Å². The number of nitrogens with zero attached hydrogens (tertiary/aromatic N) is 2. The molecule has 3 rings (SSSR count). The second-order valence-electron chi connectivity index (χ2n) is 5.75. The summed E-state index contributed by atoms with van der Waals surface area (Å²) in [4.78, 5) is 20.4. The van der Waals surface area contributed by atoms with Crippen molar-refractivity contribution in [2.24, 2.45) is 0 Å². The Morgan fingerprint density at radius 3 is 2.66 bits per heavy atom. The summed E-state index contributed by atoms with van der Waals surface area (Å²) in [5.41, 5.74) is 6.36. The van der Waals surface area contributed by atoms with Crippen LogP contribution in [0.15, 0.2) is 54.7 Å². The van der Waals surface area contributed by atoms with Gasteiger partial charge >= 0.3 is 0 Å². The van der Waals surface area contributed by atoms with Crippen LogP contribution in [0.1, 0.15) is 15.9 Å². The summed E-state index contributed by atoms with van der Waals surface area (Å²) in [6, 6.07) is 13.9. The van der Waals surface area contributed by atoms with Gasteiger partial charge in [-0.05, 0) is 24.3 Å². The van der Waals surface area contributed by atoms with E-state index in [0.29, 0.717) is 28.0 Å². The molecule has 0 atom stereocenters. The molecule has 3 aromatic rings. The topological polar surface area (TPSA) is 94.6 Å². The number of aromatic nitrogens is 2. The molecule has 0 fully saturated rings. The van der Waals surface area contributed by atoms with E-state index < -0.39 is 5.91 Å². The second kappa shape index (κ2) is 9.61. The van der Waals surface area contributed by atoms with Gasteiger partial charge in [0.1, 0.15) is 6.61 Å². The molecule has 2 N–H and O–H groups in total. The van der Waals surface area contributed by atoms with Crippen LogP contribution >= 0.6 is 11.6 Å². The highest BCUT2D eigenvalue weighted by Crippen LogP contribution is 2.29. The molecule has 0 saturated carbocycles. The number of hydrazine groups is 1. The van der Waals surface area contributed by atoms with Gasteiger partial charge in [0, 0.05) is 28.4 Å². The van der Waals surface area contributed by atoms with Crippen LogP contribution in [0.4, 0.5) is 5.95 Å². The largest absolute Gasteiger partial charge is 0.493 e. The van der Waals surface area contributed by atoms with Gasteiger partial charge in [0.15, 0.2) is 11.5 Å². The highest BCUT2D eigenvalue weighted by molar-refractivity contribution is 6.31. The van der Waals surface area contributed by atoms with Crippen LogP contribution in [0.3, 0.4) is 0 Å². The van der Waals surface area contributed by atoms with Gasteiger partial charge in [-0.25, -0.2) is 4.98 Å². The molecule has 0 aliphatic carbocycles. The number of carbonyl (C=O) groups excluding carboxylic acids is 1. The van der Waals surface area contributed by atoms with Gasteiger partial charge in [0.2, 0.25) is 11.8 Å². The van der Waals surface area contributed by atoms with Gasteiger partial charge in [-0.1, -0.05) is 29.8 Å². The second-order valence-corrected chi connectivity index (χ2v) is 6.15. The van der Waals surface area contributed by atoms with Crippen LogP contribution in [0.25, 0.3) is 0 Å². The highest BCUT2D eigenvalue weighted by Gasteiger charge is 2.12. The summed E-state index contributed by atoms with van der Waals surface area (Å²) in [5.74, 6) is 1.09. The van der Waals surface area contributed by atoms with Crippen molar-refractivity contribution in [2.45, 2.75) is 6.61 Å². The minimum Gasteiger partial charge on any atom is -0.493 e. The van der Waals surface area contributed by atoms with Crippen molar-refractivity contribution in [3.63, 3.8) is 0 Å². The number of ether oxygens (including phenoxy) is 3. The van der Waals surface area contributed by atoms with E-state index in [-0.39, 0.29) is 12.6 Å². The van der Waals surface area contributed by atoms with Gasteiger partial charge < -0.3 is 14.2 Å². The smallest absolute Gasteiger partial charge is 0.269 e. The number of benzene rings is 2. The van der Waals surface area contributed by atoms with Crippen LogP contribution in [0.2, 0.25) is 5.02 Å². The lowest BCUT2D eigenvalue weighted by Gasteiger charge is -2.13. The van der Waals surface area contributed by atoms with E-state index in [9.17, 15) is 4.79 Å². The van der Waals surface area contributed by atoms with Crippen molar-refractivity contribution in [1.29, 1.82) is 0 Å². The van der Waals surface area contributed by atoms with Gasteiger partial charge in [-0.3, -0.25) is 15.6 Å². The first-order valence-electron chi connectivity index (χ1n) is 8.58. The van der Waals surface area contributed by atoms with Crippen molar-refractivity contribution in [3.8, 4) is 17.4 Å². The van der Waals surface area contributed by atoms with E-state index in [1.807, 2.05) is 18.2 Å². The highest BCUT2D eigenvalue weighted by atomic mass is 35.5. The molecule has 2 aromatic carbocycles. The standard InChI is InChI=1S/C20H19ClN4O4/c1-27-17-11-13(19(26)24-25-20-22-10-9-18(23-20)28-2)7-8-16(17)29-12-14-5-3-4-6-15(14)21/h3-11H,12H2,1-2H3,(H,24,26)(H,22,23,25). The van der Waals surface area contributed by atoms with Crippen LogP contribution in [-0.2, 0) is 6.61 Å². The van der Waals surface area contributed by atoms with Gasteiger partial charge in [-0.2, -0.15) is 4.98 Å². The number of carbonyl (C=O) groups is 1. The molecule has 0 spiro atoms. The zero-order chi connectivity index (χ0) is 20.6. The molecule has 9 heteroatoms. The third kappa shape index (κ3) is 5.26. The number of hydrogen-bond acceptors (Lipinski definition) is 7. The number of nitrogens with one attached hydrogen (secondary N) is 2. The first-order valence-corrected chi connectivity index (χ1v) is 8.96. The minimum atomic E-state index is -0.396. The number of anilines is 1. The molecule has 1 aromatic heterocycles. The van der Waals surface area contributed by atoms with Gasteiger partial charge in [0.05, 0.1) is 14.2 Å². The number of hydrogen-bond donors (Lipinski definition) is 2. The number of methoxy groups -OCH3 is 2. The van der Waals surface area contributed by atoms with Crippen LogP contribution < -0.4 is 25.1 Å². The molecular weight excluding hydrogens is 396 g/mol. The fourth-order valence-corrected chi connectivity index (χ4v) is 2.59. The SMILES string of the molecule is COc1ccnc(NNC(=O)c2ccc(OCc3ccccc3Cl)c(OC)c2)n1. The van der Waals surface area contributed by atoms with E-state index >= 15 is 0 Å². The Kier molecular flexibility index (Phi) is 6.70. The lowest BCUT2D eigenvalue weighted by molar-refractivity contribution is 0.0961. The van der Waals surface area contributed by atoms with Crippen molar-refractivity contribution in [3.05, 3.63) is 70.9 Å².